The molecular weight excluding hydrogens is 311 g/mol. The van der Waals surface area contributed by atoms with Crippen LogP contribution in [0.5, 0.6) is 0 Å². The molecule has 0 unspecified atom stereocenters. The van der Waals surface area contributed by atoms with Crippen LogP contribution in [0.2, 0.25) is 5.15 Å². The minimum Gasteiger partial charge on any atom is -0.307 e. The van der Waals surface area contributed by atoms with Crippen molar-refractivity contribution in [3.8, 4) is 11.1 Å². The van der Waals surface area contributed by atoms with E-state index in [1.807, 2.05) is 35.0 Å². The minimum absolute atomic E-state index is 0.102. The molecule has 0 saturated carbocycles. The Bertz CT molecular complexity index is 962. The van der Waals surface area contributed by atoms with Crippen molar-refractivity contribution in [1.29, 1.82) is 0 Å². The van der Waals surface area contributed by atoms with Crippen LogP contribution in [0.25, 0.3) is 27.8 Å². The van der Waals surface area contributed by atoms with E-state index in [4.69, 9.17) is 11.6 Å². The summed E-state index contributed by atoms with van der Waals surface area (Å²) in [6.07, 6.45) is 7.25. The molecular formula is C14H8ClFN4S. The Hall–Kier alpha value is -2.05. The largest absolute Gasteiger partial charge is 0.307 e. The van der Waals surface area contributed by atoms with Gasteiger partial charge in [-0.25, -0.2) is 13.9 Å². The van der Waals surface area contributed by atoms with Gasteiger partial charge in [-0.15, -0.1) is 3.89 Å². The lowest BCUT2D eigenvalue weighted by molar-refractivity contribution is 0.919. The van der Waals surface area contributed by atoms with Gasteiger partial charge < -0.3 is 4.40 Å². The number of aromatic nitrogens is 4. The van der Waals surface area contributed by atoms with E-state index in [0.29, 0.717) is 10.8 Å². The standard InChI is InChI=1S/C14H8ClFN4S/c15-12-2-1-10-11(8-20(21-16)14(10)18-12)9-3-5-19-6-4-17-13(19)7-9/h1-8H. The van der Waals surface area contributed by atoms with Crippen LogP contribution in [0.4, 0.5) is 3.89 Å². The molecule has 0 atom stereocenters. The Labute approximate surface area is 128 Å². The van der Waals surface area contributed by atoms with Crippen LogP contribution in [0.1, 0.15) is 0 Å². The van der Waals surface area contributed by atoms with E-state index in [1.165, 1.54) is 3.97 Å². The molecule has 0 aliphatic carbocycles. The van der Waals surface area contributed by atoms with Crippen LogP contribution in [0.3, 0.4) is 0 Å². The lowest BCUT2D eigenvalue weighted by Crippen LogP contribution is -1.84. The summed E-state index contributed by atoms with van der Waals surface area (Å²) in [5, 5.41) is 1.19. The van der Waals surface area contributed by atoms with Gasteiger partial charge in [-0.2, -0.15) is 0 Å². The molecule has 0 fully saturated rings. The van der Waals surface area contributed by atoms with Gasteiger partial charge in [0.2, 0.25) is 0 Å². The SMILES string of the molecule is FSn1cc(-c2ccn3ccnc3c2)c2ccc(Cl)nc21. The maximum atomic E-state index is 13.1. The zero-order valence-electron chi connectivity index (χ0n) is 10.6. The smallest absolute Gasteiger partial charge is 0.171 e. The first-order valence-corrected chi connectivity index (χ1v) is 7.21. The molecule has 0 saturated heterocycles. The molecule has 0 aliphatic rings. The molecule has 4 nitrogen and oxygen atoms in total. The van der Waals surface area contributed by atoms with Crippen LogP contribution in [0, 0.1) is 0 Å². The quantitative estimate of drug-likeness (QED) is 0.514. The summed E-state index contributed by atoms with van der Waals surface area (Å²) in [7, 11) is 0. The van der Waals surface area contributed by atoms with Crippen molar-refractivity contribution in [1.82, 2.24) is 18.3 Å². The fraction of sp³-hybridized carbons (Fsp3) is 0. The second kappa shape index (κ2) is 4.75. The van der Waals surface area contributed by atoms with Crippen LogP contribution in [-0.2, 0) is 0 Å². The second-order valence-corrected chi connectivity index (χ2v) is 5.47. The van der Waals surface area contributed by atoms with Crippen molar-refractivity contribution in [2.75, 3.05) is 0 Å². The Morgan fingerprint density at radius 3 is 2.95 bits per heavy atom. The van der Waals surface area contributed by atoms with Crippen molar-refractivity contribution in [3.05, 3.63) is 54.2 Å². The van der Waals surface area contributed by atoms with E-state index < -0.39 is 0 Å². The number of halogens is 2. The summed E-state index contributed by atoms with van der Waals surface area (Å²) in [4.78, 5) is 8.46. The van der Waals surface area contributed by atoms with E-state index >= 15 is 0 Å². The summed E-state index contributed by atoms with van der Waals surface area (Å²) in [6.45, 7) is 0. The fourth-order valence-electron chi connectivity index (χ4n) is 2.41. The molecule has 0 aromatic carbocycles. The van der Waals surface area contributed by atoms with Crippen LogP contribution < -0.4 is 0 Å². The van der Waals surface area contributed by atoms with Crippen molar-refractivity contribution in [2.24, 2.45) is 0 Å². The van der Waals surface area contributed by atoms with Crippen LogP contribution >= 0.6 is 23.9 Å². The first-order chi connectivity index (χ1) is 10.3. The van der Waals surface area contributed by atoms with E-state index in [-0.39, 0.29) is 12.3 Å². The van der Waals surface area contributed by atoms with E-state index in [2.05, 4.69) is 9.97 Å². The molecule has 4 aromatic rings. The third kappa shape index (κ3) is 1.99. The van der Waals surface area contributed by atoms with Crippen molar-refractivity contribution >= 4 is 40.6 Å². The molecule has 0 spiro atoms. The van der Waals surface area contributed by atoms with Crippen molar-refractivity contribution < 1.29 is 3.89 Å². The van der Waals surface area contributed by atoms with Gasteiger partial charge in [0.05, 0.1) is 0 Å². The lowest BCUT2D eigenvalue weighted by Gasteiger charge is -2.00. The summed E-state index contributed by atoms with van der Waals surface area (Å²) >= 11 is 6.00. The van der Waals surface area contributed by atoms with Crippen LogP contribution in [0.15, 0.2) is 49.1 Å². The third-order valence-corrected chi connectivity index (χ3v) is 4.01. The van der Waals surface area contributed by atoms with Crippen molar-refractivity contribution in [3.63, 3.8) is 0 Å². The Morgan fingerprint density at radius 2 is 2.10 bits per heavy atom. The predicted octanol–water partition coefficient (Wildman–Crippen LogP) is 4.39. The second-order valence-electron chi connectivity index (χ2n) is 4.55. The molecule has 21 heavy (non-hydrogen) atoms. The summed E-state index contributed by atoms with van der Waals surface area (Å²) in [6, 6.07) is 7.47. The summed E-state index contributed by atoms with van der Waals surface area (Å²) in [5.41, 5.74) is 3.19. The Balaban J connectivity index is 2.00. The maximum absolute atomic E-state index is 13.1. The third-order valence-electron chi connectivity index (χ3n) is 3.37. The highest BCUT2D eigenvalue weighted by Gasteiger charge is 2.13. The first-order valence-electron chi connectivity index (χ1n) is 6.16. The molecule has 0 radical (unpaired) electrons. The van der Waals surface area contributed by atoms with Gasteiger partial charge in [-0.05, 0) is 29.8 Å². The van der Waals surface area contributed by atoms with E-state index in [0.717, 1.165) is 22.2 Å². The highest BCUT2D eigenvalue weighted by molar-refractivity contribution is 7.92. The molecule has 0 amide bonds. The van der Waals surface area contributed by atoms with Gasteiger partial charge >= 0.3 is 0 Å². The molecule has 0 bridgehead atoms. The Morgan fingerprint density at radius 1 is 1.19 bits per heavy atom. The molecule has 104 valence electrons. The summed E-state index contributed by atoms with van der Waals surface area (Å²) < 4.78 is 16.4. The molecule has 4 aromatic heterocycles. The molecule has 0 N–H and O–H groups in total. The number of imidazole rings is 1. The van der Waals surface area contributed by atoms with Gasteiger partial charge in [-0.3, -0.25) is 0 Å². The fourth-order valence-corrected chi connectivity index (χ4v) is 2.90. The molecule has 7 heteroatoms. The van der Waals surface area contributed by atoms with Gasteiger partial charge in [0, 0.05) is 35.7 Å². The zero-order chi connectivity index (χ0) is 14.4. The summed E-state index contributed by atoms with van der Waals surface area (Å²) in [5.74, 6) is 0. The average Bonchev–Trinajstić information content (AvgIpc) is 3.09. The highest BCUT2D eigenvalue weighted by Crippen LogP contribution is 2.33. The van der Waals surface area contributed by atoms with Crippen molar-refractivity contribution in [2.45, 2.75) is 0 Å². The van der Waals surface area contributed by atoms with Gasteiger partial charge in [0.1, 0.15) is 10.8 Å². The Kier molecular flexibility index (Phi) is 2.87. The number of nitrogens with zero attached hydrogens (tertiary/aromatic N) is 4. The molecule has 4 heterocycles. The molecule has 0 aliphatic heterocycles. The van der Waals surface area contributed by atoms with Crippen LogP contribution in [-0.4, -0.2) is 18.3 Å². The monoisotopic (exact) mass is 318 g/mol. The van der Waals surface area contributed by atoms with E-state index in [9.17, 15) is 3.89 Å². The zero-order valence-corrected chi connectivity index (χ0v) is 12.1. The first kappa shape index (κ1) is 12.7. The van der Waals surface area contributed by atoms with Gasteiger partial charge in [-0.1, -0.05) is 11.6 Å². The number of fused-ring (bicyclic) bond motifs is 2. The van der Waals surface area contributed by atoms with Gasteiger partial charge in [0.25, 0.3) is 0 Å². The highest BCUT2D eigenvalue weighted by atomic mass is 35.5. The van der Waals surface area contributed by atoms with Gasteiger partial charge in [0.15, 0.2) is 18.0 Å². The van der Waals surface area contributed by atoms with E-state index in [1.54, 1.807) is 18.5 Å². The number of hydrogen-bond donors (Lipinski definition) is 0. The molecule has 4 rings (SSSR count). The number of hydrogen-bond acceptors (Lipinski definition) is 3. The number of rotatable bonds is 2. The normalized spacial score (nSPS) is 11.5. The topological polar surface area (TPSA) is 35.1 Å². The average molecular weight is 319 g/mol. The lowest BCUT2D eigenvalue weighted by atomic mass is 10.1. The number of pyridine rings is 2. The predicted molar refractivity (Wildman–Crippen MR) is 83.0 cm³/mol. The maximum Gasteiger partial charge on any atom is 0.171 e. The minimum atomic E-state index is 0.102.